The first-order valence-corrected chi connectivity index (χ1v) is 11.4. The number of hydrogen-bond acceptors (Lipinski definition) is 6. The minimum atomic E-state index is -1.38. The molecule has 0 spiro atoms. The van der Waals surface area contributed by atoms with Crippen molar-refractivity contribution in [3.8, 4) is 0 Å². The highest BCUT2D eigenvalue weighted by atomic mass is 32.1. The third-order valence-electron chi connectivity index (χ3n) is 5.76. The van der Waals surface area contributed by atoms with Gasteiger partial charge in [-0.25, -0.2) is 4.79 Å². The molecular formula is C20H37N3O5S. The molecule has 0 bridgehead atoms. The number of ether oxygens (including phenoxy) is 1. The van der Waals surface area contributed by atoms with Gasteiger partial charge in [0.2, 0.25) is 0 Å². The predicted molar refractivity (Wildman–Crippen MR) is 114 cm³/mol. The van der Waals surface area contributed by atoms with Crippen LogP contribution in [0.25, 0.3) is 0 Å². The molecule has 2 unspecified atom stereocenters. The van der Waals surface area contributed by atoms with Gasteiger partial charge in [-0.05, 0) is 18.6 Å². The van der Waals surface area contributed by atoms with Crippen LogP contribution in [-0.4, -0.2) is 75.1 Å². The van der Waals surface area contributed by atoms with Gasteiger partial charge in [0.25, 0.3) is 0 Å². The number of aliphatic hydroxyl groups is 3. The minimum Gasteiger partial charge on any atom is -0.447 e. The Labute approximate surface area is 179 Å². The number of rotatable bonds is 12. The number of unbranched alkanes of at least 4 members (excludes halogenated alkanes) is 9. The van der Waals surface area contributed by atoms with E-state index < -0.39 is 36.6 Å². The fourth-order valence-corrected chi connectivity index (χ4v) is 4.19. The first-order valence-electron chi connectivity index (χ1n) is 11.0. The first kappa shape index (κ1) is 24.1. The van der Waals surface area contributed by atoms with Gasteiger partial charge in [0, 0.05) is 6.54 Å². The van der Waals surface area contributed by atoms with Crippen LogP contribution in [0.4, 0.5) is 4.79 Å². The summed E-state index contributed by atoms with van der Waals surface area (Å²) in [7, 11) is 0. The summed E-state index contributed by atoms with van der Waals surface area (Å²) in [5, 5.41) is 36.6. The van der Waals surface area contributed by atoms with Gasteiger partial charge in [0.1, 0.15) is 31.1 Å². The van der Waals surface area contributed by atoms with E-state index in [0.29, 0.717) is 11.7 Å². The number of piperidine rings is 1. The van der Waals surface area contributed by atoms with Crippen LogP contribution < -0.4 is 10.6 Å². The zero-order valence-corrected chi connectivity index (χ0v) is 18.2. The number of carbonyl (C=O) groups is 1. The lowest BCUT2D eigenvalue weighted by Gasteiger charge is -2.44. The summed E-state index contributed by atoms with van der Waals surface area (Å²) >= 11 is 5.27. The molecule has 1 amide bonds. The van der Waals surface area contributed by atoms with Crippen molar-refractivity contribution in [2.24, 2.45) is 0 Å². The molecule has 0 aromatic carbocycles. The van der Waals surface area contributed by atoms with Crippen molar-refractivity contribution in [2.45, 2.75) is 102 Å². The summed E-state index contributed by atoms with van der Waals surface area (Å²) in [6, 6.07) is -0.705. The molecule has 168 valence electrons. The molecule has 0 saturated carbocycles. The van der Waals surface area contributed by atoms with E-state index in [9.17, 15) is 20.1 Å². The third kappa shape index (κ3) is 6.94. The molecule has 2 aliphatic rings. The van der Waals surface area contributed by atoms with Gasteiger partial charge in [-0.1, -0.05) is 64.7 Å². The number of nitrogens with zero attached hydrogens (tertiary/aromatic N) is 1. The molecule has 0 aromatic rings. The fourth-order valence-electron chi connectivity index (χ4n) is 3.97. The highest BCUT2D eigenvalue weighted by Gasteiger charge is 2.54. The zero-order valence-electron chi connectivity index (χ0n) is 17.4. The van der Waals surface area contributed by atoms with Crippen LogP contribution in [-0.2, 0) is 4.74 Å². The van der Waals surface area contributed by atoms with Crippen LogP contribution in [0.1, 0.15) is 71.1 Å². The molecule has 2 rings (SSSR count). The Bertz CT molecular complexity index is 524. The Morgan fingerprint density at radius 2 is 1.59 bits per heavy atom. The summed E-state index contributed by atoms with van der Waals surface area (Å²) < 4.78 is 4.95. The van der Waals surface area contributed by atoms with Gasteiger partial charge in [-0.2, -0.15) is 0 Å². The number of thiocarbonyl (C=S) groups is 1. The van der Waals surface area contributed by atoms with Gasteiger partial charge in [-0.15, -0.1) is 0 Å². The van der Waals surface area contributed by atoms with Crippen molar-refractivity contribution < 1.29 is 24.9 Å². The largest absolute Gasteiger partial charge is 0.447 e. The van der Waals surface area contributed by atoms with Crippen molar-refractivity contribution in [1.82, 2.24) is 15.5 Å². The number of aliphatic hydroxyl groups excluding tert-OH is 3. The molecule has 8 nitrogen and oxygen atoms in total. The second-order valence-electron chi connectivity index (χ2n) is 8.05. The first-order chi connectivity index (χ1) is 14.0. The quantitative estimate of drug-likeness (QED) is 0.234. The predicted octanol–water partition coefficient (Wildman–Crippen LogP) is 1.61. The lowest BCUT2D eigenvalue weighted by atomic mass is 9.93. The number of nitrogens with one attached hydrogen (secondary N) is 2. The number of cyclic esters (lactones) is 1. The van der Waals surface area contributed by atoms with Crippen molar-refractivity contribution in [2.75, 3.05) is 13.2 Å². The molecule has 2 heterocycles. The van der Waals surface area contributed by atoms with E-state index in [1.807, 2.05) is 0 Å². The van der Waals surface area contributed by atoms with Crippen LogP contribution in [0.3, 0.4) is 0 Å². The smallest absolute Gasteiger partial charge is 0.412 e. The van der Waals surface area contributed by atoms with E-state index in [4.69, 9.17) is 17.0 Å². The Hall–Kier alpha value is -1.16. The van der Waals surface area contributed by atoms with Gasteiger partial charge < -0.3 is 30.7 Å². The number of hydrogen-bond donors (Lipinski definition) is 5. The van der Waals surface area contributed by atoms with Crippen LogP contribution in [0.2, 0.25) is 0 Å². The highest BCUT2D eigenvalue weighted by molar-refractivity contribution is 7.80. The summed E-state index contributed by atoms with van der Waals surface area (Å²) in [6.07, 6.45) is 6.95. The second kappa shape index (κ2) is 12.5. The molecule has 2 saturated heterocycles. The lowest BCUT2D eigenvalue weighted by molar-refractivity contribution is -0.144. The molecular weight excluding hydrogens is 394 g/mol. The van der Waals surface area contributed by atoms with Gasteiger partial charge in [0.15, 0.2) is 5.11 Å². The van der Waals surface area contributed by atoms with E-state index in [1.165, 1.54) is 56.3 Å². The van der Waals surface area contributed by atoms with Crippen molar-refractivity contribution in [3.05, 3.63) is 0 Å². The van der Waals surface area contributed by atoms with Gasteiger partial charge in [0.05, 0.1) is 6.04 Å². The van der Waals surface area contributed by atoms with Crippen molar-refractivity contribution in [3.63, 3.8) is 0 Å². The summed E-state index contributed by atoms with van der Waals surface area (Å²) in [4.78, 5) is 13.2. The maximum Gasteiger partial charge on any atom is 0.412 e. The zero-order chi connectivity index (χ0) is 21.2. The topological polar surface area (TPSA) is 114 Å². The molecule has 5 N–H and O–H groups in total. The van der Waals surface area contributed by atoms with Gasteiger partial charge >= 0.3 is 6.09 Å². The van der Waals surface area contributed by atoms with E-state index in [-0.39, 0.29) is 6.61 Å². The Morgan fingerprint density at radius 3 is 2.21 bits per heavy atom. The third-order valence-corrected chi connectivity index (χ3v) is 6.02. The molecule has 9 heteroatoms. The summed E-state index contributed by atoms with van der Waals surface area (Å²) in [5.41, 5.74) is 0. The fraction of sp³-hybridized carbons (Fsp3) is 0.900. The van der Waals surface area contributed by atoms with E-state index in [0.717, 1.165) is 12.8 Å². The molecule has 0 radical (unpaired) electrons. The normalized spacial score (nSPS) is 28.8. The maximum atomic E-state index is 12.0. The SMILES string of the molecule is CCCCCCCCCCCCNC(=S)N[C@@H]1C(O)[C@@H](O)[C@H](O)C2COC(=O)N21. The van der Waals surface area contributed by atoms with Crippen molar-refractivity contribution in [1.29, 1.82) is 0 Å². The summed E-state index contributed by atoms with van der Waals surface area (Å²) in [5.74, 6) is 0. The standard InChI is InChI=1S/C20H37N3O5S/c1-2-3-4-5-6-7-8-9-10-11-12-21-19(29)22-18-17(26)16(25)15(24)14-13-28-20(27)23(14)18/h14-18,24-26H,2-13H2,1H3,(H2,21,22,29)/t14?,15-,16+,17?,18+/m1/s1. The summed E-state index contributed by atoms with van der Waals surface area (Å²) in [6.45, 7) is 2.91. The maximum absolute atomic E-state index is 12.0. The molecule has 29 heavy (non-hydrogen) atoms. The van der Waals surface area contributed by atoms with Crippen molar-refractivity contribution >= 4 is 23.4 Å². The number of fused-ring (bicyclic) bond motifs is 1. The van der Waals surface area contributed by atoms with Gasteiger partial charge in [-0.3, -0.25) is 4.90 Å². The van der Waals surface area contributed by atoms with Crippen LogP contribution >= 0.6 is 12.2 Å². The van der Waals surface area contributed by atoms with Crippen LogP contribution in [0, 0.1) is 0 Å². The monoisotopic (exact) mass is 431 g/mol. The molecule has 2 aliphatic heterocycles. The second-order valence-corrected chi connectivity index (χ2v) is 8.46. The van der Waals surface area contributed by atoms with Crippen LogP contribution in [0.15, 0.2) is 0 Å². The van der Waals surface area contributed by atoms with Crippen LogP contribution in [0.5, 0.6) is 0 Å². The average molecular weight is 432 g/mol. The van der Waals surface area contributed by atoms with E-state index in [2.05, 4.69) is 17.6 Å². The van der Waals surface area contributed by atoms with E-state index >= 15 is 0 Å². The lowest BCUT2D eigenvalue weighted by Crippen LogP contribution is -2.70. The molecule has 0 aromatic heterocycles. The molecule has 5 atom stereocenters. The Kier molecular flexibility index (Phi) is 10.4. The van der Waals surface area contributed by atoms with E-state index in [1.54, 1.807) is 0 Å². The minimum absolute atomic E-state index is 0.0270. The number of amides is 1. The highest BCUT2D eigenvalue weighted by Crippen LogP contribution is 2.28. The number of carbonyl (C=O) groups excluding carboxylic acids is 1. The Balaban J connectivity index is 1.60. The average Bonchev–Trinajstić information content (AvgIpc) is 3.09. The Morgan fingerprint density at radius 1 is 1.00 bits per heavy atom. The molecule has 2 fully saturated rings. The molecule has 0 aliphatic carbocycles.